The number of phenolic OH excluding ortho intramolecular Hbond substituents is 1. The van der Waals surface area contributed by atoms with Gasteiger partial charge in [-0.2, -0.15) is 0 Å². The van der Waals surface area contributed by atoms with Crippen LogP contribution < -0.4 is 5.32 Å². The van der Waals surface area contributed by atoms with Gasteiger partial charge in [-0.1, -0.05) is 19.1 Å². The molecular formula is C26H34N4O11. The van der Waals surface area contributed by atoms with Gasteiger partial charge in [0, 0.05) is 18.0 Å². The van der Waals surface area contributed by atoms with Crippen LogP contribution >= 0.6 is 0 Å². The third kappa shape index (κ3) is 4.79. The number of ketones is 2. The van der Waals surface area contributed by atoms with Crippen LogP contribution in [0.3, 0.4) is 0 Å². The van der Waals surface area contributed by atoms with E-state index < -0.39 is 81.0 Å². The summed E-state index contributed by atoms with van der Waals surface area (Å²) < 4.78 is 0. The van der Waals surface area contributed by atoms with Crippen molar-refractivity contribution in [3.8, 4) is 5.75 Å². The lowest BCUT2D eigenvalue weighted by atomic mass is 9.54. The van der Waals surface area contributed by atoms with Crippen LogP contribution in [0.1, 0.15) is 24.0 Å². The molecule has 4 rings (SSSR count). The number of Topliss-reactive ketones (excluding diaryl/α,β-unsaturated/α-hetero) is 2. The van der Waals surface area contributed by atoms with Crippen molar-refractivity contribution in [2.45, 2.75) is 30.6 Å². The molecule has 0 aromatic heterocycles. The number of fused-ring (bicyclic) bond motifs is 3. The maximum atomic E-state index is 14.0. The van der Waals surface area contributed by atoms with E-state index in [2.05, 4.69) is 10.2 Å². The van der Waals surface area contributed by atoms with Crippen LogP contribution in [0.15, 0.2) is 35.1 Å². The molecule has 1 aromatic carbocycles. The zero-order chi connectivity index (χ0) is 30.5. The number of hydrogen-bond donors (Lipinski definition) is 8. The van der Waals surface area contributed by atoms with Crippen LogP contribution in [0.5, 0.6) is 5.75 Å². The molecule has 0 saturated heterocycles. The molecule has 6 atom stereocenters. The minimum Gasteiger partial charge on any atom is -0.508 e. The van der Waals surface area contributed by atoms with Crippen molar-refractivity contribution in [2.24, 2.45) is 11.8 Å². The van der Waals surface area contributed by atoms with E-state index in [0.29, 0.717) is 5.56 Å². The first kappa shape index (κ1) is 30.5. The van der Waals surface area contributed by atoms with Crippen LogP contribution in [-0.2, 0) is 19.2 Å². The van der Waals surface area contributed by atoms with Gasteiger partial charge in [0.05, 0.1) is 42.3 Å². The van der Waals surface area contributed by atoms with E-state index in [-0.39, 0.29) is 31.1 Å². The highest BCUT2D eigenvalue weighted by Crippen LogP contribution is 2.55. The van der Waals surface area contributed by atoms with Crippen molar-refractivity contribution in [3.63, 3.8) is 0 Å². The number of benzene rings is 1. The van der Waals surface area contributed by atoms with Gasteiger partial charge in [-0.05, 0) is 38.7 Å². The normalized spacial score (nSPS) is 29.7. The third-order valence-corrected chi connectivity index (χ3v) is 8.16. The first-order chi connectivity index (χ1) is 19.2. The van der Waals surface area contributed by atoms with Crippen molar-refractivity contribution in [1.29, 1.82) is 0 Å². The number of likely N-dealkylation sites (N-methyl/N-ethyl adjacent to an activating group) is 2. The summed E-state index contributed by atoms with van der Waals surface area (Å²) in [5.74, 6) is -8.90. The predicted molar refractivity (Wildman–Crippen MR) is 138 cm³/mol. The molecular weight excluding hydrogens is 544 g/mol. The lowest BCUT2D eigenvalue weighted by molar-refractivity contribution is -0.492. The smallest absolute Gasteiger partial charge is 0.259 e. The number of aliphatic hydroxyl groups is 4. The monoisotopic (exact) mass is 578 g/mol. The van der Waals surface area contributed by atoms with Crippen molar-refractivity contribution in [3.05, 3.63) is 46.2 Å². The first-order valence-electron chi connectivity index (χ1n) is 12.8. The summed E-state index contributed by atoms with van der Waals surface area (Å²) in [6.07, 6.45) is -1.65. The van der Waals surface area contributed by atoms with Crippen molar-refractivity contribution >= 4 is 23.2 Å². The molecule has 15 heteroatoms. The summed E-state index contributed by atoms with van der Waals surface area (Å²) in [4.78, 5) is 48.1. The Morgan fingerprint density at radius 1 is 1.12 bits per heavy atom. The Hall–Kier alpha value is -3.41. The van der Waals surface area contributed by atoms with Gasteiger partial charge in [-0.25, -0.2) is 4.84 Å². The highest BCUT2D eigenvalue weighted by molar-refractivity contribution is 6.25. The molecule has 1 fully saturated rings. The molecule has 0 radical (unpaired) electrons. The Bertz CT molecular complexity index is 1330. The van der Waals surface area contributed by atoms with Gasteiger partial charge in [0.2, 0.25) is 5.78 Å². The molecule has 41 heavy (non-hydrogen) atoms. The van der Waals surface area contributed by atoms with E-state index in [0.717, 1.165) is 0 Å². The second-order valence-electron chi connectivity index (χ2n) is 10.8. The second-order valence-corrected chi connectivity index (χ2v) is 10.8. The van der Waals surface area contributed by atoms with E-state index in [1.807, 2.05) is 0 Å². The van der Waals surface area contributed by atoms with Crippen LogP contribution in [-0.4, -0.2) is 127 Å². The molecule has 0 heterocycles. The standard InChI is InChI=1S/C26H34N4O11/c1-11-12-6-5-7-13(31)15(12)20(32)16-14(11)21(33)18-19(28(2)3)22(34)17(24(36)26(18,38)23(16)35)25(37)27-10-29(4)8-9-41-30(39)40/h5-7,11,14,18-19,21,31-33,36,38-40H,8-10H2,1-4H3,(H,27,37)/t11-,14+,18+,19-,21-,26-/m0/s1. The fourth-order valence-electron chi connectivity index (χ4n) is 6.21. The van der Waals surface area contributed by atoms with E-state index >= 15 is 0 Å². The molecule has 3 aliphatic rings. The first-order valence-corrected chi connectivity index (χ1v) is 12.8. The molecule has 0 bridgehead atoms. The number of amides is 1. The Morgan fingerprint density at radius 2 is 1.78 bits per heavy atom. The molecule has 1 saturated carbocycles. The molecule has 3 aliphatic carbocycles. The molecule has 15 nitrogen and oxygen atoms in total. The minimum atomic E-state index is -2.97. The molecule has 0 spiro atoms. The Labute approximate surface area is 234 Å². The van der Waals surface area contributed by atoms with Gasteiger partial charge in [0.15, 0.2) is 11.4 Å². The highest BCUT2D eigenvalue weighted by atomic mass is 17.1. The topological polar surface area (TPSA) is 224 Å². The number of aliphatic hydroxyl groups excluding tert-OH is 3. The van der Waals surface area contributed by atoms with E-state index in [4.69, 9.17) is 10.4 Å². The van der Waals surface area contributed by atoms with Crippen LogP contribution in [0, 0.1) is 11.8 Å². The van der Waals surface area contributed by atoms with Crippen LogP contribution in [0.25, 0.3) is 5.76 Å². The maximum Gasteiger partial charge on any atom is 0.259 e. The fraction of sp³-hybridized carbons (Fsp3) is 0.500. The number of carbonyl (C=O) groups is 3. The number of nitrogens with zero attached hydrogens (tertiary/aromatic N) is 3. The molecule has 1 aromatic rings. The van der Waals surface area contributed by atoms with E-state index in [1.54, 1.807) is 19.1 Å². The lowest BCUT2D eigenvalue weighted by Gasteiger charge is -2.53. The zero-order valence-corrected chi connectivity index (χ0v) is 22.8. The van der Waals surface area contributed by atoms with Gasteiger partial charge in [0.1, 0.15) is 22.8 Å². The number of hydrogen-bond acceptors (Lipinski definition) is 14. The average molecular weight is 579 g/mol. The Morgan fingerprint density at radius 3 is 2.39 bits per heavy atom. The third-order valence-electron chi connectivity index (χ3n) is 8.16. The van der Waals surface area contributed by atoms with Crippen molar-refractivity contribution in [1.82, 2.24) is 20.5 Å². The van der Waals surface area contributed by atoms with Gasteiger partial charge >= 0.3 is 0 Å². The number of carbonyl (C=O) groups excluding carboxylic acids is 3. The second kappa shape index (κ2) is 11.1. The molecule has 1 amide bonds. The van der Waals surface area contributed by atoms with E-state index in [9.17, 15) is 39.9 Å². The Kier molecular flexibility index (Phi) is 8.28. The van der Waals surface area contributed by atoms with Crippen LogP contribution in [0.4, 0.5) is 0 Å². The molecule has 0 unspecified atom stereocenters. The molecule has 224 valence electrons. The van der Waals surface area contributed by atoms with E-state index in [1.165, 1.54) is 37.0 Å². The van der Waals surface area contributed by atoms with Crippen molar-refractivity contribution in [2.75, 3.05) is 41.0 Å². The van der Waals surface area contributed by atoms with Gasteiger partial charge in [0.25, 0.3) is 5.91 Å². The fourth-order valence-corrected chi connectivity index (χ4v) is 6.21. The quantitative estimate of drug-likeness (QED) is 0.106. The highest BCUT2D eigenvalue weighted by Gasteiger charge is 2.68. The van der Waals surface area contributed by atoms with Gasteiger partial charge in [-0.15, -0.1) is 0 Å². The number of phenols is 1. The summed E-state index contributed by atoms with van der Waals surface area (Å²) in [6, 6.07) is 3.04. The molecule has 8 N–H and O–H groups in total. The zero-order valence-electron chi connectivity index (χ0n) is 22.8. The number of aromatic hydroxyl groups is 1. The Balaban J connectivity index is 1.79. The minimum absolute atomic E-state index is 0.0520. The van der Waals surface area contributed by atoms with Crippen LogP contribution in [0.2, 0.25) is 0 Å². The average Bonchev–Trinajstić information content (AvgIpc) is 2.89. The van der Waals surface area contributed by atoms with Gasteiger partial charge in [-0.3, -0.25) is 34.6 Å². The number of rotatable bonds is 8. The summed E-state index contributed by atoms with van der Waals surface area (Å²) in [7, 11) is 4.44. The summed E-state index contributed by atoms with van der Waals surface area (Å²) >= 11 is 0. The SMILES string of the molecule is C[C@H]1c2cccc(O)c2C(O)=C2C(=O)[C@]3(O)C(O)=C(C(=O)NCN(C)CCON(O)O)C(=O)[C@@H](N(C)C)[C@@H]3[C@@H](O)[C@@H]21. The predicted octanol–water partition coefficient (Wildman–Crippen LogP) is -0.972. The van der Waals surface area contributed by atoms with Gasteiger partial charge < -0.3 is 30.8 Å². The van der Waals surface area contributed by atoms with Crippen molar-refractivity contribution < 1.29 is 55.2 Å². The maximum absolute atomic E-state index is 14.0. The molecule has 0 aliphatic heterocycles. The number of nitrogens with one attached hydrogen (secondary N) is 1. The summed E-state index contributed by atoms with van der Waals surface area (Å²) in [6.45, 7) is 1.37. The summed E-state index contributed by atoms with van der Waals surface area (Å²) in [5.41, 5.74) is -3.91. The lowest BCUT2D eigenvalue weighted by Crippen LogP contribution is -2.70. The summed E-state index contributed by atoms with van der Waals surface area (Å²) in [5, 5.41) is 75.6. The largest absolute Gasteiger partial charge is 0.508 e.